The molecule has 0 saturated carbocycles. The summed E-state index contributed by atoms with van der Waals surface area (Å²) in [7, 11) is 1.91. The molecule has 0 aliphatic heterocycles. The number of benzene rings is 2. The maximum Gasteiger partial charge on any atom is 0.528 e. The highest BCUT2D eigenvalue weighted by Crippen LogP contribution is 2.44. The van der Waals surface area contributed by atoms with E-state index in [-0.39, 0.29) is 23.1 Å². The van der Waals surface area contributed by atoms with Crippen LogP contribution in [0.5, 0.6) is 0 Å². The number of anilines is 2. The predicted molar refractivity (Wildman–Crippen MR) is 173 cm³/mol. The molecule has 0 amide bonds. The number of rotatable bonds is 4. The van der Waals surface area contributed by atoms with Gasteiger partial charge < -0.3 is 4.90 Å². The molecule has 206 valence electrons. The second-order valence-electron chi connectivity index (χ2n) is 9.65. The molecule has 0 unspecified atom stereocenters. The Morgan fingerprint density at radius 3 is 1.61 bits per heavy atom. The van der Waals surface area contributed by atoms with E-state index in [4.69, 9.17) is 19.7 Å². The van der Waals surface area contributed by atoms with Crippen LogP contribution in [0.3, 0.4) is 0 Å². The van der Waals surface area contributed by atoms with Gasteiger partial charge in [0.25, 0.3) is 5.70 Å². The molecule has 7 nitrogen and oxygen atoms in total. The van der Waals surface area contributed by atoms with Crippen molar-refractivity contribution in [3.8, 4) is 6.07 Å². The monoisotopic (exact) mass is 603 g/mol. The lowest BCUT2D eigenvalue weighted by atomic mass is 10.0. The van der Waals surface area contributed by atoms with E-state index in [0.717, 1.165) is 19.8 Å². The molecular formula is C35H17N5O2S2. The second kappa shape index (κ2) is 11.3. The highest BCUT2D eigenvalue weighted by atomic mass is 32.1. The quantitative estimate of drug-likeness (QED) is 0.133. The second-order valence-corrected chi connectivity index (χ2v) is 11.8. The fraction of sp³-hybridized carbons (Fsp3) is 0.0286. The van der Waals surface area contributed by atoms with Gasteiger partial charge in [0.15, 0.2) is 11.6 Å². The molecule has 0 saturated heterocycles. The zero-order valence-corrected chi connectivity index (χ0v) is 24.6. The first-order valence-corrected chi connectivity index (χ1v) is 14.7. The van der Waals surface area contributed by atoms with Gasteiger partial charge in [0.2, 0.25) is 0 Å². The lowest BCUT2D eigenvalue weighted by Gasteiger charge is -2.14. The molecule has 0 N–H and O–H groups in total. The zero-order valence-electron chi connectivity index (χ0n) is 23.0. The van der Waals surface area contributed by atoms with E-state index < -0.39 is 0 Å². The zero-order chi connectivity index (χ0) is 31.0. The van der Waals surface area contributed by atoms with Crippen LogP contribution in [-0.4, -0.2) is 18.6 Å². The third kappa shape index (κ3) is 4.56. The third-order valence-corrected chi connectivity index (χ3v) is 9.48. The van der Waals surface area contributed by atoms with Gasteiger partial charge in [0.1, 0.15) is 13.1 Å². The maximum absolute atomic E-state index is 13.3. The minimum atomic E-state index is -0.220. The first-order chi connectivity index (χ1) is 21.4. The van der Waals surface area contributed by atoms with Crippen molar-refractivity contribution in [3.63, 3.8) is 0 Å². The third-order valence-electron chi connectivity index (χ3n) is 7.26. The molecule has 2 aromatic carbocycles. The number of fused-ring (bicyclic) bond motifs is 2. The van der Waals surface area contributed by atoms with E-state index in [9.17, 15) is 14.9 Å². The molecule has 0 spiro atoms. The van der Waals surface area contributed by atoms with Crippen LogP contribution in [0.4, 0.5) is 10.0 Å². The topological polar surface area (TPSA) is 74.2 Å². The molecule has 2 aromatic heterocycles. The number of Topliss-reactive ketones (excluding diaryl/α,β-unsaturated/α-hetero) is 2. The van der Waals surface area contributed by atoms with Crippen molar-refractivity contribution < 1.29 is 9.59 Å². The molecule has 2 aliphatic rings. The molecule has 4 aromatic rings. The van der Waals surface area contributed by atoms with Crippen molar-refractivity contribution in [3.05, 3.63) is 162 Å². The molecule has 44 heavy (non-hydrogen) atoms. The van der Waals surface area contributed by atoms with Crippen LogP contribution in [0.15, 0.2) is 95.5 Å². The average Bonchev–Trinajstić information content (AvgIpc) is 3.83. The van der Waals surface area contributed by atoms with Crippen molar-refractivity contribution in [2.45, 2.75) is 0 Å². The van der Waals surface area contributed by atoms with E-state index in [2.05, 4.69) is 14.5 Å². The summed E-state index contributed by atoms with van der Waals surface area (Å²) in [6.45, 7) is 22.5. The fourth-order valence-corrected chi connectivity index (χ4v) is 7.15. The Hall–Kier alpha value is -6.10. The Morgan fingerprint density at radius 2 is 1.16 bits per heavy atom. The molecule has 0 fully saturated rings. The van der Waals surface area contributed by atoms with Gasteiger partial charge in [-0.3, -0.25) is 9.59 Å². The first kappa shape index (κ1) is 28.0. The van der Waals surface area contributed by atoms with Crippen LogP contribution in [0, 0.1) is 31.0 Å². The predicted octanol–water partition coefficient (Wildman–Crippen LogP) is 8.80. The van der Waals surface area contributed by atoms with Gasteiger partial charge in [0.05, 0.1) is 28.2 Å². The lowest BCUT2D eigenvalue weighted by molar-refractivity contribution is 0.103. The molecule has 6 rings (SSSR count). The van der Waals surface area contributed by atoms with Gasteiger partial charge in [-0.2, -0.15) is 9.69 Å². The number of ketones is 2. The van der Waals surface area contributed by atoms with Crippen molar-refractivity contribution in [1.29, 1.82) is 5.26 Å². The Kier molecular flexibility index (Phi) is 7.20. The number of nitriles is 1. The molecule has 9 heteroatoms. The minimum Gasteiger partial charge on any atom is -0.328 e. The Bertz CT molecular complexity index is 2040. The van der Waals surface area contributed by atoms with Crippen molar-refractivity contribution >= 4 is 67.5 Å². The summed E-state index contributed by atoms with van der Waals surface area (Å²) < 4.78 is 0. The van der Waals surface area contributed by atoms with Crippen LogP contribution in [-0.2, 0) is 0 Å². The lowest BCUT2D eigenvalue weighted by Crippen LogP contribution is -2.04. The number of hydrogen-bond acceptors (Lipinski definition) is 6. The summed E-state index contributed by atoms with van der Waals surface area (Å²) in [5, 5.41) is 11.4. The van der Waals surface area contributed by atoms with Crippen LogP contribution in [0.2, 0.25) is 0 Å². The first-order valence-electron chi connectivity index (χ1n) is 13.1. The van der Waals surface area contributed by atoms with Crippen LogP contribution in [0.25, 0.3) is 37.8 Å². The summed E-state index contributed by atoms with van der Waals surface area (Å²) in [6, 6.07) is 23.6. The number of carbonyl (C=O) groups excluding carboxylic acids is 2. The van der Waals surface area contributed by atoms with E-state index in [1.165, 1.54) is 22.7 Å². The Labute approximate surface area is 261 Å². The standard InChI is InChI=1S/C35H17N5O2S2/c1-37-28(19-36)31-22-9-5-7-11-24(22)33(41)26(31)17-20-13-15-29(43-20)40(4)30-16-14-21(44-30)18-27-32(35(38-2)39-3)23-10-6-8-12-25(23)34(27)42/h5-18H,4H3/b26-17-,27-18+,31-28+. The molecule has 0 atom stereocenters. The van der Waals surface area contributed by atoms with E-state index in [1.807, 2.05) is 42.3 Å². The highest BCUT2D eigenvalue weighted by molar-refractivity contribution is 7.19. The summed E-state index contributed by atoms with van der Waals surface area (Å²) in [4.78, 5) is 40.3. The number of allylic oxidation sites excluding steroid dienone is 5. The van der Waals surface area contributed by atoms with Gasteiger partial charge in [-0.1, -0.05) is 48.5 Å². The highest BCUT2D eigenvalue weighted by Gasteiger charge is 2.36. The van der Waals surface area contributed by atoms with E-state index in [1.54, 1.807) is 60.7 Å². The normalized spacial score (nSPS) is 16.2. The number of nitrogens with zero attached hydrogens (tertiary/aromatic N) is 5. The van der Waals surface area contributed by atoms with E-state index in [0.29, 0.717) is 44.5 Å². The largest absolute Gasteiger partial charge is 0.528 e. The van der Waals surface area contributed by atoms with Gasteiger partial charge >= 0.3 is 5.82 Å². The maximum atomic E-state index is 13.3. The SMILES string of the molecule is [C-]#[N+]C([N+]#[C-])=C1/C(=C\c2ccc(N(C)c3ccc(/C=C4\C(=O)c5ccccc5\C4=C(\C#N)[N+]#[C-])s3)s2)C(=O)c2ccccc21. The van der Waals surface area contributed by atoms with Gasteiger partial charge in [-0.15, -0.1) is 22.7 Å². The van der Waals surface area contributed by atoms with Crippen molar-refractivity contribution in [2.75, 3.05) is 11.9 Å². The van der Waals surface area contributed by atoms with Crippen LogP contribution >= 0.6 is 22.7 Å². The van der Waals surface area contributed by atoms with Crippen LogP contribution < -0.4 is 4.90 Å². The molecular weight excluding hydrogens is 587 g/mol. The number of thiophene rings is 2. The van der Waals surface area contributed by atoms with Gasteiger partial charge in [-0.05, 0) is 47.5 Å². The molecule has 0 radical (unpaired) electrons. The summed E-state index contributed by atoms with van der Waals surface area (Å²) in [6.07, 6.45) is 3.47. The summed E-state index contributed by atoms with van der Waals surface area (Å²) in [5.41, 5.74) is 3.40. The van der Waals surface area contributed by atoms with Crippen molar-refractivity contribution in [1.82, 2.24) is 0 Å². The summed E-state index contributed by atoms with van der Waals surface area (Å²) in [5.74, 6) is -0.568. The smallest absolute Gasteiger partial charge is 0.328 e. The molecule has 2 aliphatic carbocycles. The number of hydrogen-bond donors (Lipinski definition) is 0. The fourth-order valence-electron chi connectivity index (χ4n) is 5.24. The minimum absolute atomic E-state index is 0.120. The molecule has 0 bridgehead atoms. The molecule has 2 heterocycles. The Morgan fingerprint density at radius 1 is 0.705 bits per heavy atom. The number of carbonyl (C=O) groups is 2. The van der Waals surface area contributed by atoms with Gasteiger partial charge in [-0.25, -0.2) is 10.1 Å². The average molecular weight is 604 g/mol. The van der Waals surface area contributed by atoms with E-state index >= 15 is 0 Å². The summed E-state index contributed by atoms with van der Waals surface area (Å²) >= 11 is 2.91. The van der Waals surface area contributed by atoms with Crippen LogP contribution in [0.1, 0.15) is 41.6 Å². The van der Waals surface area contributed by atoms with Crippen molar-refractivity contribution in [2.24, 2.45) is 0 Å². The Balaban J connectivity index is 1.32. The van der Waals surface area contributed by atoms with Gasteiger partial charge in [0, 0.05) is 44.6 Å².